The van der Waals surface area contributed by atoms with Crippen molar-refractivity contribution in [1.29, 1.82) is 0 Å². The normalized spacial score (nSPS) is 11.2. The average molecular weight is 323 g/mol. The van der Waals surface area contributed by atoms with Crippen LogP contribution in [0.3, 0.4) is 0 Å². The minimum absolute atomic E-state index is 0.135. The Labute approximate surface area is 108 Å². The summed E-state index contributed by atoms with van der Waals surface area (Å²) in [5.41, 5.74) is 0.890. The Balaban J connectivity index is 2.95. The van der Waals surface area contributed by atoms with Gasteiger partial charge in [-0.15, -0.1) is 0 Å². The molecule has 0 spiro atoms. The minimum Gasteiger partial charge on any atom is -0.465 e. The first-order valence-corrected chi connectivity index (χ1v) is 7.15. The summed E-state index contributed by atoms with van der Waals surface area (Å²) in [6, 6.07) is 4.72. The second-order valence-corrected chi connectivity index (χ2v) is 5.76. The lowest BCUT2D eigenvalue weighted by Gasteiger charge is -2.06. The van der Waals surface area contributed by atoms with E-state index < -0.39 is 16.1 Å². The maximum absolute atomic E-state index is 11.3. The highest BCUT2D eigenvalue weighted by Gasteiger charge is 2.10. The molecule has 1 rings (SSSR count). The predicted molar refractivity (Wildman–Crippen MR) is 65.1 cm³/mol. The summed E-state index contributed by atoms with van der Waals surface area (Å²) >= 11 is 3.24. The van der Waals surface area contributed by atoms with Gasteiger partial charge in [0.05, 0.1) is 25.5 Å². The fourth-order valence-electron chi connectivity index (χ4n) is 1.10. The Kier molecular flexibility index (Phi) is 4.67. The number of benzene rings is 1. The molecular formula is C10H11BrO5S. The lowest BCUT2D eigenvalue weighted by molar-refractivity contribution is 0.0600. The number of rotatable bonds is 4. The lowest BCUT2D eigenvalue weighted by atomic mass is 10.1. The smallest absolute Gasteiger partial charge is 0.337 e. The summed E-state index contributed by atoms with van der Waals surface area (Å²) in [4.78, 5) is 11.3. The van der Waals surface area contributed by atoms with Crippen LogP contribution in [0.2, 0.25) is 0 Å². The van der Waals surface area contributed by atoms with Crippen LogP contribution in [0.15, 0.2) is 22.7 Å². The zero-order valence-electron chi connectivity index (χ0n) is 9.27. The third kappa shape index (κ3) is 4.45. The molecule has 0 unspecified atom stereocenters. The van der Waals surface area contributed by atoms with Gasteiger partial charge in [-0.05, 0) is 23.8 Å². The van der Waals surface area contributed by atoms with Crippen LogP contribution in [-0.4, -0.2) is 27.8 Å². The Hall–Kier alpha value is -0.920. The number of hydrogen-bond donors (Lipinski definition) is 0. The number of ether oxygens (including phenoxy) is 1. The average Bonchev–Trinajstić information content (AvgIpc) is 2.26. The molecule has 5 nitrogen and oxygen atoms in total. The molecule has 0 bridgehead atoms. The number of carbonyl (C=O) groups excluding carboxylic acids is 1. The molecule has 0 aliphatic heterocycles. The third-order valence-corrected chi connectivity index (χ3v) is 3.21. The number of methoxy groups -OCH3 is 1. The highest BCUT2D eigenvalue weighted by atomic mass is 79.9. The Morgan fingerprint density at radius 3 is 2.59 bits per heavy atom. The lowest BCUT2D eigenvalue weighted by Crippen LogP contribution is -2.06. The van der Waals surface area contributed by atoms with E-state index >= 15 is 0 Å². The topological polar surface area (TPSA) is 69.7 Å². The predicted octanol–water partition coefficient (Wildman–Crippen LogP) is 1.71. The van der Waals surface area contributed by atoms with Crippen molar-refractivity contribution in [2.75, 3.05) is 13.4 Å². The standard InChI is InChI=1S/C10H11BrO5S/c1-15-10(12)7-3-4-9(11)8(5-7)6-16-17(2,13)14/h3-5H,6H2,1-2H3. The van der Waals surface area contributed by atoms with Crippen LogP contribution in [0.25, 0.3) is 0 Å². The van der Waals surface area contributed by atoms with Crippen molar-refractivity contribution < 1.29 is 22.1 Å². The molecule has 0 radical (unpaired) electrons. The van der Waals surface area contributed by atoms with Crippen molar-refractivity contribution in [3.8, 4) is 0 Å². The summed E-state index contributed by atoms with van der Waals surface area (Å²) in [5, 5.41) is 0. The van der Waals surface area contributed by atoms with Gasteiger partial charge in [-0.25, -0.2) is 4.79 Å². The Morgan fingerprint density at radius 1 is 1.41 bits per heavy atom. The van der Waals surface area contributed by atoms with E-state index in [1.54, 1.807) is 12.1 Å². The number of hydrogen-bond acceptors (Lipinski definition) is 5. The molecule has 0 aromatic heterocycles. The zero-order valence-corrected chi connectivity index (χ0v) is 11.7. The summed E-state index contributed by atoms with van der Waals surface area (Å²) < 4.78 is 31.6. The molecule has 17 heavy (non-hydrogen) atoms. The van der Waals surface area contributed by atoms with Crippen LogP contribution >= 0.6 is 15.9 Å². The van der Waals surface area contributed by atoms with Gasteiger partial charge in [0.1, 0.15) is 0 Å². The van der Waals surface area contributed by atoms with Gasteiger partial charge in [-0.2, -0.15) is 8.42 Å². The van der Waals surface area contributed by atoms with Crippen molar-refractivity contribution in [3.63, 3.8) is 0 Å². The van der Waals surface area contributed by atoms with Crippen molar-refractivity contribution >= 4 is 32.0 Å². The van der Waals surface area contributed by atoms with Gasteiger partial charge in [-0.3, -0.25) is 4.18 Å². The summed E-state index contributed by atoms with van der Waals surface area (Å²) in [6.45, 7) is -0.135. The molecule has 0 aliphatic rings. The Bertz CT molecular complexity index is 523. The molecule has 0 aliphatic carbocycles. The SMILES string of the molecule is COC(=O)c1ccc(Br)c(COS(C)(=O)=O)c1. The molecule has 0 saturated carbocycles. The van der Waals surface area contributed by atoms with E-state index in [2.05, 4.69) is 24.8 Å². The van der Waals surface area contributed by atoms with Crippen molar-refractivity contribution in [2.45, 2.75) is 6.61 Å². The summed E-state index contributed by atoms with van der Waals surface area (Å²) in [5.74, 6) is -0.488. The molecule has 0 fully saturated rings. The molecule has 0 atom stereocenters. The van der Waals surface area contributed by atoms with Gasteiger partial charge in [0.15, 0.2) is 0 Å². The van der Waals surface area contributed by atoms with E-state index in [0.717, 1.165) is 6.26 Å². The van der Waals surface area contributed by atoms with Gasteiger partial charge >= 0.3 is 5.97 Å². The van der Waals surface area contributed by atoms with Gasteiger partial charge < -0.3 is 4.74 Å². The minimum atomic E-state index is -3.51. The molecule has 0 N–H and O–H groups in total. The Morgan fingerprint density at radius 2 is 2.06 bits per heavy atom. The molecule has 1 aromatic rings. The largest absolute Gasteiger partial charge is 0.465 e. The maximum Gasteiger partial charge on any atom is 0.337 e. The highest BCUT2D eigenvalue weighted by molar-refractivity contribution is 9.10. The number of esters is 1. The van der Waals surface area contributed by atoms with Crippen LogP contribution in [0, 0.1) is 0 Å². The molecule has 0 heterocycles. The van der Waals surface area contributed by atoms with E-state index in [0.29, 0.717) is 15.6 Å². The van der Waals surface area contributed by atoms with Crippen LogP contribution < -0.4 is 0 Å². The fourth-order valence-corrected chi connectivity index (χ4v) is 1.80. The van der Waals surface area contributed by atoms with E-state index in [9.17, 15) is 13.2 Å². The summed E-state index contributed by atoms with van der Waals surface area (Å²) in [7, 11) is -2.24. The zero-order chi connectivity index (χ0) is 13.1. The highest BCUT2D eigenvalue weighted by Crippen LogP contribution is 2.20. The molecule has 0 amide bonds. The second-order valence-electron chi connectivity index (χ2n) is 3.26. The van der Waals surface area contributed by atoms with E-state index in [-0.39, 0.29) is 6.61 Å². The number of carbonyl (C=O) groups is 1. The second kappa shape index (κ2) is 5.61. The first-order chi connectivity index (χ1) is 7.83. The van der Waals surface area contributed by atoms with Crippen LogP contribution in [0.1, 0.15) is 15.9 Å². The van der Waals surface area contributed by atoms with Crippen molar-refractivity contribution in [1.82, 2.24) is 0 Å². The van der Waals surface area contributed by atoms with E-state index in [4.69, 9.17) is 0 Å². The van der Waals surface area contributed by atoms with Gasteiger partial charge in [0, 0.05) is 4.47 Å². The van der Waals surface area contributed by atoms with Crippen LogP contribution in [0.4, 0.5) is 0 Å². The quantitative estimate of drug-likeness (QED) is 0.623. The van der Waals surface area contributed by atoms with Crippen molar-refractivity contribution in [2.24, 2.45) is 0 Å². The molecule has 1 aromatic carbocycles. The van der Waals surface area contributed by atoms with Crippen LogP contribution in [0.5, 0.6) is 0 Å². The number of halogens is 1. The maximum atomic E-state index is 11.3. The van der Waals surface area contributed by atoms with E-state index in [1.807, 2.05) is 0 Å². The van der Waals surface area contributed by atoms with Crippen molar-refractivity contribution in [3.05, 3.63) is 33.8 Å². The fraction of sp³-hybridized carbons (Fsp3) is 0.300. The van der Waals surface area contributed by atoms with Crippen LogP contribution in [-0.2, 0) is 25.6 Å². The molecular weight excluding hydrogens is 312 g/mol. The molecule has 94 valence electrons. The molecule has 0 saturated heterocycles. The van der Waals surface area contributed by atoms with Gasteiger partial charge in [0.2, 0.25) is 0 Å². The van der Waals surface area contributed by atoms with E-state index in [1.165, 1.54) is 13.2 Å². The first-order valence-electron chi connectivity index (χ1n) is 4.54. The third-order valence-electron chi connectivity index (χ3n) is 1.90. The molecule has 7 heteroatoms. The first kappa shape index (κ1) is 14.1. The van der Waals surface area contributed by atoms with Gasteiger partial charge in [0.25, 0.3) is 10.1 Å². The van der Waals surface area contributed by atoms with Gasteiger partial charge in [-0.1, -0.05) is 15.9 Å². The summed E-state index contributed by atoms with van der Waals surface area (Å²) in [6.07, 6.45) is 0.963. The monoisotopic (exact) mass is 322 g/mol.